The van der Waals surface area contributed by atoms with Crippen molar-refractivity contribution in [3.63, 3.8) is 0 Å². The van der Waals surface area contributed by atoms with E-state index >= 15 is 0 Å². The SMILES string of the molecule is CCn1ncc(-c2nnn(Cc3ccc([N+](=O)[O-])cc3)n2)c1SCc1ccccc1. The van der Waals surface area contributed by atoms with Crippen LogP contribution in [-0.4, -0.2) is 34.9 Å². The zero-order chi connectivity index (χ0) is 20.9. The lowest BCUT2D eigenvalue weighted by molar-refractivity contribution is -0.384. The molecule has 30 heavy (non-hydrogen) atoms. The molecule has 0 unspecified atom stereocenters. The normalized spacial score (nSPS) is 11.0. The largest absolute Gasteiger partial charge is 0.269 e. The van der Waals surface area contributed by atoms with Crippen LogP contribution in [0.25, 0.3) is 11.4 Å². The van der Waals surface area contributed by atoms with Gasteiger partial charge in [-0.25, -0.2) is 0 Å². The number of hydrogen-bond donors (Lipinski definition) is 0. The summed E-state index contributed by atoms with van der Waals surface area (Å²) in [7, 11) is 0. The van der Waals surface area contributed by atoms with Crippen LogP contribution in [0.5, 0.6) is 0 Å². The summed E-state index contributed by atoms with van der Waals surface area (Å²) in [5.74, 6) is 1.32. The summed E-state index contributed by atoms with van der Waals surface area (Å²) in [6.07, 6.45) is 1.77. The molecule has 2 aromatic heterocycles. The van der Waals surface area contributed by atoms with Gasteiger partial charge in [-0.05, 0) is 23.3 Å². The topological polar surface area (TPSA) is 105 Å². The number of tetrazole rings is 1. The van der Waals surface area contributed by atoms with Crippen molar-refractivity contribution in [2.45, 2.75) is 30.8 Å². The zero-order valence-electron chi connectivity index (χ0n) is 16.3. The number of non-ortho nitro benzene ring substituents is 1. The summed E-state index contributed by atoms with van der Waals surface area (Å²) in [5, 5.41) is 29.1. The van der Waals surface area contributed by atoms with Crippen molar-refractivity contribution < 1.29 is 4.92 Å². The van der Waals surface area contributed by atoms with Crippen LogP contribution in [-0.2, 0) is 18.8 Å². The Bertz CT molecular complexity index is 1140. The molecule has 4 rings (SSSR count). The third-order valence-electron chi connectivity index (χ3n) is 4.47. The van der Waals surface area contributed by atoms with Gasteiger partial charge in [0.15, 0.2) is 0 Å². The van der Waals surface area contributed by atoms with Gasteiger partial charge in [0.2, 0.25) is 5.82 Å². The molecule has 4 aromatic rings. The van der Waals surface area contributed by atoms with Gasteiger partial charge in [0.05, 0.1) is 23.2 Å². The minimum Gasteiger partial charge on any atom is -0.259 e. The van der Waals surface area contributed by atoms with Crippen molar-refractivity contribution in [1.29, 1.82) is 0 Å². The van der Waals surface area contributed by atoms with Crippen LogP contribution in [0.1, 0.15) is 18.1 Å². The third kappa shape index (κ3) is 4.38. The molecular weight excluding hydrogens is 402 g/mol. The number of aryl methyl sites for hydroxylation is 1. The Hall–Kier alpha value is -3.53. The summed E-state index contributed by atoms with van der Waals surface area (Å²) in [5.41, 5.74) is 2.98. The van der Waals surface area contributed by atoms with E-state index in [1.807, 2.05) is 29.8 Å². The lowest BCUT2D eigenvalue weighted by Crippen LogP contribution is -2.04. The van der Waals surface area contributed by atoms with Crippen LogP contribution in [0.3, 0.4) is 0 Å². The molecule has 0 saturated carbocycles. The quantitative estimate of drug-likeness (QED) is 0.242. The first-order valence-electron chi connectivity index (χ1n) is 9.38. The van der Waals surface area contributed by atoms with Gasteiger partial charge in [0, 0.05) is 24.4 Å². The van der Waals surface area contributed by atoms with E-state index in [1.54, 1.807) is 30.1 Å². The number of nitro benzene ring substituents is 1. The smallest absolute Gasteiger partial charge is 0.259 e. The van der Waals surface area contributed by atoms with Crippen molar-refractivity contribution >= 4 is 17.4 Å². The molecule has 0 N–H and O–H groups in total. The lowest BCUT2D eigenvalue weighted by atomic mass is 10.2. The van der Waals surface area contributed by atoms with E-state index in [2.05, 4.69) is 32.6 Å². The van der Waals surface area contributed by atoms with Gasteiger partial charge in [-0.3, -0.25) is 14.8 Å². The maximum Gasteiger partial charge on any atom is 0.269 e. The second-order valence-corrected chi connectivity index (χ2v) is 7.48. The molecule has 9 nitrogen and oxygen atoms in total. The molecule has 10 heteroatoms. The maximum absolute atomic E-state index is 10.8. The summed E-state index contributed by atoms with van der Waals surface area (Å²) < 4.78 is 1.93. The fourth-order valence-corrected chi connectivity index (χ4v) is 4.06. The Morgan fingerprint density at radius 1 is 1.07 bits per heavy atom. The highest BCUT2D eigenvalue weighted by Gasteiger charge is 2.17. The second kappa shape index (κ2) is 8.87. The first kappa shape index (κ1) is 19.8. The minimum absolute atomic E-state index is 0.0538. The molecular formula is C20H19N7O2S. The van der Waals surface area contributed by atoms with Crippen molar-refractivity contribution in [1.82, 2.24) is 30.0 Å². The highest BCUT2D eigenvalue weighted by atomic mass is 32.2. The number of nitrogens with zero attached hydrogens (tertiary/aromatic N) is 7. The molecule has 0 bridgehead atoms. The van der Waals surface area contributed by atoms with E-state index in [1.165, 1.54) is 22.5 Å². The Labute approximate surface area is 176 Å². The van der Waals surface area contributed by atoms with Gasteiger partial charge in [-0.15, -0.1) is 22.0 Å². The Morgan fingerprint density at radius 2 is 1.83 bits per heavy atom. The third-order valence-corrected chi connectivity index (χ3v) is 5.66. The summed E-state index contributed by atoms with van der Waals surface area (Å²) in [6.45, 7) is 3.16. The predicted molar refractivity (Wildman–Crippen MR) is 113 cm³/mol. The van der Waals surface area contributed by atoms with Crippen molar-refractivity contribution in [2.24, 2.45) is 0 Å². The molecule has 0 aliphatic heterocycles. The number of aromatic nitrogens is 6. The molecule has 0 amide bonds. The van der Waals surface area contributed by atoms with E-state index < -0.39 is 4.92 Å². The number of hydrogen-bond acceptors (Lipinski definition) is 7. The Morgan fingerprint density at radius 3 is 2.53 bits per heavy atom. The van der Waals surface area contributed by atoms with Crippen LogP contribution >= 0.6 is 11.8 Å². The Kier molecular flexibility index (Phi) is 5.84. The van der Waals surface area contributed by atoms with Crippen LogP contribution in [0, 0.1) is 10.1 Å². The zero-order valence-corrected chi connectivity index (χ0v) is 17.1. The predicted octanol–water partition coefficient (Wildman–Crippen LogP) is 3.81. The lowest BCUT2D eigenvalue weighted by Gasteiger charge is -2.06. The molecule has 0 aliphatic rings. The summed E-state index contributed by atoms with van der Waals surface area (Å²) in [6, 6.07) is 16.6. The molecule has 2 aromatic carbocycles. The van der Waals surface area contributed by atoms with Crippen LogP contribution in [0.4, 0.5) is 5.69 Å². The van der Waals surface area contributed by atoms with E-state index in [9.17, 15) is 10.1 Å². The average molecular weight is 421 g/mol. The highest BCUT2D eigenvalue weighted by Crippen LogP contribution is 2.31. The molecule has 0 saturated heterocycles. The van der Waals surface area contributed by atoms with Crippen molar-refractivity contribution in [3.8, 4) is 11.4 Å². The number of thioether (sulfide) groups is 1. The fourth-order valence-electron chi connectivity index (χ4n) is 2.94. The maximum atomic E-state index is 10.8. The van der Waals surface area contributed by atoms with E-state index in [0.717, 1.165) is 28.5 Å². The first-order chi connectivity index (χ1) is 14.6. The molecule has 152 valence electrons. The monoisotopic (exact) mass is 421 g/mol. The number of benzene rings is 2. The summed E-state index contributed by atoms with van der Waals surface area (Å²) in [4.78, 5) is 11.8. The second-order valence-electron chi connectivity index (χ2n) is 6.52. The van der Waals surface area contributed by atoms with Crippen molar-refractivity contribution in [3.05, 3.63) is 82.0 Å². The van der Waals surface area contributed by atoms with Crippen LogP contribution in [0.15, 0.2) is 65.8 Å². The molecule has 0 spiro atoms. The van der Waals surface area contributed by atoms with Gasteiger partial charge in [-0.2, -0.15) is 9.90 Å². The standard InChI is InChI=1S/C20H19N7O2S/c1-2-25-20(30-14-16-6-4-3-5-7-16)18(12-21-25)19-22-24-26(23-19)13-15-8-10-17(11-9-15)27(28)29/h3-12H,2,13-14H2,1H3. The Balaban J connectivity index is 1.52. The average Bonchev–Trinajstić information content (AvgIpc) is 3.39. The van der Waals surface area contributed by atoms with Gasteiger partial charge in [0.1, 0.15) is 5.03 Å². The van der Waals surface area contributed by atoms with Crippen LogP contribution < -0.4 is 0 Å². The van der Waals surface area contributed by atoms with Gasteiger partial charge < -0.3 is 0 Å². The molecule has 0 radical (unpaired) electrons. The van der Waals surface area contributed by atoms with E-state index in [0.29, 0.717) is 12.4 Å². The molecule has 0 fully saturated rings. The molecule has 0 aliphatic carbocycles. The van der Waals surface area contributed by atoms with Gasteiger partial charge in [0.25, 0.3) is 5.69 Å². The molecule has 0 atom stereocenters. The number of nitro groups is 1. The first-order valence-corrected chi connectivity index (χ1v) is 10.4. The highest BCUT2D eigenvalue weighted by molar-refractivity contribution is 7.98. The van der Waals surface area contributed by atoms with Crippen LogP contribution in [0.2, 0.25) is 0 Å². The van der Waals surface area contributed by atoms with Gasteiger partial charge >= 0.3 is 0 Å². The van der Waals surface area contributed by atoms with Gasteiger partial charge in [-0.1, -0.05) is 42.5 Å². The van der Waals surface area contributed by atoms with Crippen molar-refractivity contribution in [2.75, 3.05) is 0 Å². The van der Waals surface area contributed by atoms with E-state index in [4.69, 9.17) is 0 Å². The number of rotatable bonds is 8. The fraction of sp³-hybridized carbons (Fsp3) is 0.200. The summed E-state index contributed by atoms with van der Waals surface area (Å²) >= 11 is 1.69. The minimum atomic E-state index is -0.421. The van der Waals surface area contributed by atoms with E-state index in [-0.39, 0.29) is 5.69 Å². The molecule has 2 heterocycles.